The summed E-state index contributed by atoms with van der Waals surface area (Å²) in [7, 11) is 0. The number of Topliss-reactive ketones (excluding diaryl/α,β-unsaturated/α-hetero) is 1. The number of aliphatic carboxylic acids is 1. The number of anilines is 1. The maximum absolute atomic E-state index is 12.9. The van der Waals surface area contributed by atoms with Crippen molar-refractivity contribution < 1.29 is 29.0 Å². The third-order valence-electron chi connectivity index (χ3n) is 4.94. The molecule has 1 amide bonds. The maximum Gasteiger partial charge on any atom is 0.307 e. The van der Waals surface area contributed by atoms with Crippen molar-refractivity contribution in [2.75, 3.05) is 4.90 Å². The second kappa shape index (κ2) is 8.12. The van der Waals surface area contributed by atoms with Gasteiger partial charge in [-0.2, -0.15) is 0 Å². The standard InChI is InChI=1S/C23H16ClNO6/c24-15-7-5-14(6-8-15)21(28)19-20(17-2-1-11-31-17)25(23(30)22(19)29)16-9-3-13(4-10-16)12-18(26)27/h1-11,20,28H,12H2,(H,26,27)/b21-19-. The van der Waals surface area contributed by atoms with Gasteiger partial charge < -0.3 is 14.6 Å². The molecule has 0 spiro atoms. The summed E-state index contributed by atoms with van der Waals surface area (Å²) < 4.78 is 5.49. The van der Waals surface area contributed by atoms with E-state index in [1.807, 2.05) is 0 Å². The van der Waals surface area contributed by atoms with Gasteiger partial charge in [-0.1, -0.05) is 23.7 Å². The summed E-state index contributed by atoms with van der Waals surface area (Å²) in [6.45, 7) is 0. The van der Waals surface area contributed by atoms with E-state index in [0.717, 1.165) is 0 Å². The summed E-state index contributed by atoms with van der Waals surface area (Å²) in [5.74, 6) is -2.72. The topological polar surface area (TPSA) is 108 Å². The number of hydrogen-bond donors (Lipinski definition) is 2. The quantitative estimate of drug-likeness (QED) is 0.352. The molecular formula is C23H16ClNO6. The molecule has 3 aromatic rings. The summed E-state index contributed by atoms with van der Waals surface area (Å²) in [6, 6.07) is 14.7. The van der Waals surface area contributed by atoms with E-state index < -0.39 is 23.7 Å². The molecule has 0 bridgehead atoms. The van der Waals surface area contributed by atoms with Crippen molar-refractivity contribution in [2.45, 2.75) is 12.5 Å². The normalized spacial score (nSPS) is 17.8. The summed E-state index contributed by atoms with van der Waals surface area (Å²) in [5.41, 5.74) is 1.13. The monoisotopic (exact) mass is 437 g/mol. The summed E-state index contributed by atoms with van der Waals surface area (Å²) in [4.78, 5) is 38.0. The van der Waals surface area contributed by atoms with Gasteiger partial charge in [-0.05, 0) is 54.1 Å². The number of amides is 1. The molecule has 0 saturated carbocycles. The molecule has 8 heteroatoms. The number of ketones is 1. The van der Waals surface area contributed by atoms with Gasteiger partial charge in [0.25, 0.3) is 11.7 Å². The van der Waals surface area contributed by atoms with E-state index in [9.17, 15) is 19.5 Å². The zero-order valence-electron chi connectivity index (χ0n) is 16.0. The highest BCUT2D eigenvalue weighted by molar-refractivity contribution is 6.51. The zero-order chi connectivity index (χ0) is 22.1. The molecule has 1 aromatic heterocycles. The van der Waals surface area contributed by atoms with Gasteiger partial charge in [-0.3, -0.25) is 19.3 Å². The first-order valence-electron chi connectivity index (χ1n) is 9.28. The molecule has 1 aliphatic heterocycles. The predicted octanol–water partition coefficient (Wildman–Crippen LogP) is 4.19. The Kier molecular flexibility index (Phi) is 5.35. The Morgan fingerprint density at radius 3 is 2.26 bits per heavy atom. The fourth-order valence-corrected chi connectivity index (χ4v) is 3.65. The molecule has 2 N–H and O–H groups in total. The molecule has 4 rings (SSSR count). The van der Waals surface area contributed by atoms with Crippen molar-refractivity contribution in [1.82, 2.24) is 0 Å². The number of hydrogen-bond acceptors (Lipinski definition) is 5. The molecule has 2 heterocycles. The average molecular weight is 438 g/mol. The van der Waals surface area contributed by atoms with E-state index in [4.69, 9.17) is 21.1 Å². The third-order valence-corrected chi connectivity index (χ3v) is 5.20. The van der Waals surface area contributed by atoms with Crippen molar-refractivity contribution in [3.05, 3.63) is 94.4 Å². The van der Waals surface area contributed by atoms with Gasteiger partial charge in [0.15, 0.2) is 0 Å². The first-order valence-corrected chi connectivity index (χ1v) is 9.65. The van der Waals surface area contributed by atoms with Crippen LogP contribution in [0.2, 0.25) is 5.02 Å². The van der Waals surface area contributed by atoms with Crippen LogP contribution in [0.3, 0.4) is 0 Å². The second-order valence-electron chi connectivity index (χ2n) is 6.93. The lowest BCUT2D eigenvalue weighted by Crippen LogP contribution is -2.29. The molecule has 156 valence electrons. The Hall–Kier alpha value is -3.84. The van der Waals surface area contributed by atoms with Crippen molar-refractivity contribution in [2.24, 2.45) is 0 Å². The minimum absolute atomic E-state index is 0.114. The van der Waals surface area contributed by atoms with E-state index in [0.29, 0.717) is 27.6 Å². The Morgan fingerprint density at radius 1 is 1.00 bits per heavy atom. The maximum atomic E-state index is 12.9. The van der Waals surface area contributed by atoms with Crippen LogP contribution in [0.25, 0.3) is 5.76 Å². The van der Waals surface area contributed by atoms with Crippen molar-refractivity contribution >= 4 is 40.7 Å². The van der Waals surface area contributed by atoms with E-state index in [1.54, 1.807) is 60.7 Å². The lowest BCUT2D eigenvalue weighted by Gasteiger charge is -2.23. The average Bonchev–Trinajstić information content (AvgIpc) is 3.36. The van der Waals surface area contributed by atoms with Gasteiger partial charge in [0.1, 0.15) is 17.6 Å². The van der Waals surface area contributed by atoms with Gasteiger partial charge in [0.05, 0.1) is 18.3 Å². The zero-order valence-corrected chi connectivity index (χ0v) is 16.7. The van der Waals surface area contributed by atoms with E-state index in [1.165, 1.54) is 11.2 Å². The first-order chi connectivity index (χ1) is 14.9. The Bertz CT molecular complexity index is 1180. The smallest absolute Gasteiger partial charge is 0.307 e. The SMILES string of the molecule is O=C(O)Cc1ccc(N2C(=O)C(=O)/C(=C(\O)c3ccc(Cl)cc3)C2c2ccco2)cc1. The molecule has 1 fully saturated rings. The largest absolute Gasteiger partial charge is 0.507 e. The molecule has 2 aromatic carbocycles. The van der Waals surface area contributed by atoms with Crippen molar-refractivity contribution in [1.29, 1.82) is 0 Å². The number of carboxylic acid groups (broad SMARTS) is 1. The molecule has 0 aliphatic carbocycles. The van der Waals surface area contributed by atoms with Gasteiger partial charge >= 0.3 is 5.97 Å². The van der Waals surface area contributed by atoms with Crippen LogP contribution in [-0.4, -0.2) is 27.9 Å². The minimum atomic E-state index is -0.990. The Morgan fingerprint density at radius 2 is 1.68 bits per heavy atom. The molecular weight excluding hydrogens is 422 g/mol. The predicted molar refractivity (Wildman–Crippen MR) is 113 cm³/mol. The fourth-order valence-electron chi connectivity index (χ4n) is 3.53. The number of carbonyl (C=O) groups excluding carboxylic acids is 2. The van der Waals surface area contributed by atoms with Crippen LogP contribution >= 0.6 is 11.6 Å². The third kappa shape index (κ3) is 3.83. The number of nitrogens with zero attached hydrogens (tertiary/aromatic N) is 1. The molecule has 1 atom stereocenters. The minimum Gasteiger partial charge on any atom is -0.507 e. The Labute approximate surface area is 181 Å². The molecule has 1 aliphatic rings. The van der Waals surface area contributed by atoms with E-state index in [-0.39, 0.29) is 17.8 Å². The number of aliphatic hydroxyl groups is 1. The van der Waals surface area contributed by atoms with E-state index in [2.05, 4.69) is 0 Å². The second-order valence-corrected chi connectivity index (χ2v) is 7.36. The van der Waals surface area contributed by atoms with Crippen LogP contribution in [0.15, 0.2) is 76.9 Å². The van der Waals surface area contributed by atoms with Crippen LogP contribution in [0.5, 0.6) is 0 Å². The number of benzene rings is 2. The number of furan rings is 1. The first kappa shape index (κ1) is 20.4. The number of rotatable bonds is 5. The van der Waals surface area contributed by atoms with Gasteiger partial charge in [-0.15, -0.1) is 0 Å². The van der Waals surface area contributed by atoms with Gasteiger partial charge in [0.2, 0.25) is 0 Å². The van der Waals surface area contributed by atoms with E-state index >= 15 is 0 Å². The number of halogens is 1. The highest BCUT2D eigenvalue weighted by atomic mass is 35.5. The van der Waals surface area contributed by atoms with Crippen LogP contribution in [0, 0.1) is 0 Å². The summed E-state index contributed by atoms with van der Waals surface area (Å²) >= 11 is 5.91. The van der Waals surface area contributed by atoms with Crippen LogP contribution in [0.4, 0.5) is 5.69 Å². The molecule has 1 unspecified atom stereocenters. The lowest BCUT2D eigenvalue weighted by atomic mass is 9.99. The summed E-state index contributed by atoms with van der Waals surface area (Å²) in [6.07, 6.45) is 1.24. The Balaban J connectivity index is 1.83. The van der Waals surface area contributed by atoms with Crippen molar-refractivity contribution in [3.8, 4) is 0 Å². The van der Waals surface area contributed by atoms with Crippen LogP contribution in [0.1, 0.15) is 22.9 Å². The highest BCUT2D eigenvalue weighted by Gasteiger charge is 2.48. The number of aliphatic hydroxyl groups excluding tert-OH is 1. The van der Waals surface area contributed by atoms with Crippen molar-refractivity contribution in [3.63, 3.8) is 0 Å². The van der Waals surface area contributed by atoms with Crippen LogP contribution < -0.4 is 4.90 Å². The molecule has 1 saturated heterocycles. The van der Waals surface area contributed by atoms with Gasteiger partial charge in [-0.25, -0.2) is 0 Å². The summed E-state index contributed by atoms with van der Waals surface area (Å²) in [5, 5.41) is 20.3. The van der Waals surface area contributed by atoms with Gasteiger partial charge in [0, 0.05) is 16.3 Å². The lowest BCUT2D eigenvalue weighted by molar-refractivity contribution is -0.136. The molecule has 7 nitrogen and oxygen atoms in total. The number of carboxylic acids is 1. The highest BCUT2D eigenvalue weighted by Crippen LogP contribution is 2.42. The fraction of sp³-hybridized carbons (Fsp3) is 0.0870. The van der Waals surface area contributed by atoms with Crippen LogP contribution in [-0.2, 0) is 20.8 Å². The molecule has 31 heavy (non-hydrogen) atoms. The number of carbonyl (C=O) groups is 3. The molecule has 0 radical (unpaired) electrons.